The van der Waals surface area contributed by atoms with Gasteiger partial charge in [0, 0.05) is 32.9 Å². The molecule has 0 saturated heterocycles. The molecule has 0 amide bonds. The van der Waals surface area contributed by atoms with Gasteiger partial charge in [0.05, 0.1) is 0 Å². The second-order valence-corrected chi connectivity index (χ2v) is 13.2. The van der Waals surface area contributed by atoms with Gasteiger partial charge in [0.15, 0.2) is 17.5 Å². The van der Waals surface area contributed by atoms with Crippen LogP contribution in [0.3, 0.4) is 0 Å². The summed E-state index contributed by atoms with van der Waals surface area (Å²) in [5, 5.41) is 6.84. The highest BCUT2D eigenvalue weighted by Gasteiger charge is 2.40. The van der Waals surface area contributed by atoms with Gasteiger partial charge in [0.25, 0.3) is 0 Å². The molecule has 1 aliphatic rings. The fourth-order valence-corrected chi connectivity index (χ4v) is 7.94. The van der Waals surface area contributed by atoms with E-state index >= 15 is 0 Å². The number of furan rings is 1. The van der Waals surface area contributed by atoms with E-state index in [1.54, 1.807) is 0 Å². The largest absolute Gasteiger partial charge is 0.456 e. The van der Waals surface area contributed by atoms with E-state index in [0.717, 1.165) is 54.8 Å². The number of nitrogens with zero attached hydrogens (tertiary/aromatic N) is 3. The highest BCUT2D eigenvalue weighted by molar-refractivity contribution is 6.12. The minimum Gasteiger partial charge on any atom is -0.456 e. The Morgan fingerprint density at radius 1 is 0.438 bits per heavy atom. The number of hydrogen-bond acceptors (Lipinski definition) is 4. The number of aromatic nitrogens is 3. The number of para-hydroxylation sites is 1. The standard InChI is InChI=1S/C44H29N3O/c1-44(2)35-22-11-21-34(38(35)33-24-25-37-39(40(33)44)32-18-7-8-23-36(32)48-37)43-46-41(30-19-9-14-26-12-3-5-16-28(26)30)45-42(47-43)31-20-10-15-27-13-4-6-17-29(27)31/h3-25H,1-2H3. The molecule has 0 aliphatic heterocycles. The summed E-state index contributed by atoms with van der Waals surface area (Å²) in [7, 11) is 0. The second-order valence-electron chi connectivity index (χ2n) is 13.2. The molecular formula is C44H29N3O. The van der Waals surface area contributed by atoms with E-state index in [2.05, 4.69) is 147 Å². The van der Waals surface area contributed by atoms with Gasteiger partial charge in [0.2, 0.25) is 0 Å². The van der Waals surface area contributed by atoms with Crippen molar-refractivity contribution in [3.8, 4) is 45.3 Å². The molecule has 0 N–H and O–H groups in total. The highest BCUT2D eigenvalue weighted by atomic mass is 16.3. The summed E-state index contributed by atoms with van der Waals surface area (Å²) in [6.07, 6.45) is 0. The molecule has 10 rings (SSSR count). The van der Waals surface area contributed by atoms with E-state index in [9.17, 15) is 0 Å². The van der Waals surface area contributed by atoms with E-state index in [1.807, 2.05) is 6.07 Å². The van der Waals surface area contributed by atoms with Crippen molar-refractivity contribution < 1.29 is 4.42 Å². The first-order chi connectivity index (χ1) is 23.6. The third-order valence-electron chi connectivity index (χ3n) is 10.1. The minimum absolute atomic E-state index is 0.267. The molecule has 0 bridgehead atoms. The first kappa shape index (κ1) is 27.0. The van der Waals surface area contributed by atoms with Crippen LogP contribution in [0, 0.1) is 0 Å². The fourth-order valence-electron chi connectivity index (χ4n) is 7.94. The molecular weight excluding hydrogens is 587 g/mol. The summed E-state index contributed by atoms with van der Waals surface area (Å²) in [5.74, 6) is 1.98. The lowest BCUT2D eigenvalue weighted by atomic mass is 9.80. The zero-order chi connectivity index (χ0) is 32.0. The molecule has 0 atom stereocenters. The Balaban J connectivity index is 1.28. The van der Waals surface area contributed by atoms with Crippen LogP contribution in [0.4, 0.5) is 0 Å². The first-order valence-corrected chi connectivity index (χ1v) is 16.4. The summed E-state index contributed by atoms with van der Waals surface area (Å²) in [6, 6.07) is 48.7. The molecule has 2 heterocycles. The Bertz CT molecular complexity index is 2660. The van der Waals surface area contributed by atoms with Crippen LogP contribution in [0.2, 0.25) is 0 Å². The molecule has 0 radical (unpaired) electrons. The monoisotopic (exact) mass is 615 g/mol. The Kier molecular flexibility index (Phi) is 5.59. The Morgan fingerprint density at radius 2 is 0.958 bits per heavy atom. The third kappa shape index (κ3) is 3.80. The van der Waals surface area contributed by atoms with Crippen LogP contribution in [-0.2, 0) is 5.41 Å². The van der Waals surface area contributed by atoms with Gasteiger partial charge in [0.1, 0.15) is 11.2 Å². The molecule has 4 nitrogen and oxygen atoms in total. The molecule has 2 aromatic heterocycles. The molecule has 9 aromatic rings. The summed E-state index contributed by atoms with van der Waals surface area (Å²) in [5.41, 5.74) is 9.42. The normalized spacial score (nSPS) is 13.4. The average Bonchev–Trinajstić information content (AvgIpc) is 3.62. The number of hydrogen-bond donors (Lipinski definition) is 0. The van der Waals surface area contributed by atoms with E-state index < -0.39 is 0 Å². The van der Waals surface area contributed by atoms with Gasteiger partial charge in [-0.1, -0.05) is 141 Å². The summed E-state index contributed by atoms with van der Waals surface area (Å²) < 4.78 is 6.35. The third-order valence-corrected chi connectivity index (χ3v) is 10.1. The molecule has 1 aliphatic carbocycles. The maximum atomic E-state index is 6.35. The minimum atomic E-state index is -0.267. The van der Waals surface area contributed by atoms with E-state index in [1.165, 1.54) is 27.6 Å². The Labute approximate surface area is 277 Å². The zero-order valence-electron chi connectivity index (χ0n) is 26.5. The van der Waals surface area contributed by atoms with Gasteiger partial charge >= 0.3 is 0 Å². The van der Waals surface area contributed by atoms with Crippen LogP contribution >= 0.6 is 0 Å². The lowest BCUT2D eigenvalue weighted by molar-refractivity contribution is 0.657. The molecule has 7 aromatic carbocycles. The van der Waals surface area contributed by atoms with E-state index in [-0.39, 0.29) is 5.41 Å². The Hall–Kier alpha value is -6.13. The van der Waals surface area contributed by atoms with Gasteiger partial charge in [-0.25, -0.2) is 15.0 Å². The predicted molar refractivity (Wildman–Crippen MR) is 196 cm³/mol. The van der Waals surface area contributed by atoms with Crippen molar-refractivity contribution in [2.45, 2.75) is 19.3 Å². The van der Waals surface area contributed by atoms with Crippen molar-refractivity contribution >= 4 is 43.5 Å². The van der Waals surface area contributed by atoms with Crippen LogP contribution in [-0.4, -0.2) is 15.0 Å². The highest BCUT2D eigenvalue weighted by Crippen LogP contribution is 2.55. The van der Waals surface area contributed by atoms with Crippen LogP contribution in [0.25, 0.3) is 88.8 Å². The number of benzene rings is 7. The number of rotatable bonds is 3. The predicted octanol–water partition coefficient (Wildman–Crippen LogP) is 11.4. The van der Waals surface area contributed by atoms with Gasteiger partial charge in [-0.3, -0.25) is 0 Å². The van der Waals surface area contributed by atoms with Crippen LogP contribution < -0.4 is 0 Å². The van der Waals surface area contributed by atoms with E-state index in [4.69, 9.17) is 19.4 Å². The van der Waals surface area contributed by atoms with Gasteiger partial charge in [-0.15, -0.1) is 0 Å². The van der Waals surface area contributed by atoms with Gasteiger partial charge in [-0.05, 0) is 55.9 Å². The van der Waals surface area contributed by atoms with Crippen molar-refractivity contribution in [1.82, 2.24) is 15.0 Å². The van der Waals surface area contributed by atoms with E-state index in [0.29, 0.717) is 17.5 Å². The summed E-state index contributed by atoms with van der Waals surface area (Å²) in [4.78, 5) is 15.8. The fraction of sp³-hybridized carbons (Fsp3) is 0.0682. The first-order valence-electron chi connectivity index (χ1n) is 16.4. The molecule has 0 saturated carbocycles. The number of fused-ring (bicyclic) bond motifs is 9. The van der Waals surface area contributed by atoms with Crippen molar-refractivity contribution in [1.29, 1.82) is 0 Å². The maximum absolute atomic E-state index is 6.35. The zero-order valence-corrected chi connectivity index (χ0v) is 26.5. The Morgan fingerprint density at radius 3 is 1.62 bits per heavy atom. The molecule has 4 heteroatoms. The lowest BCUT2D eigenvalue weighted by Crippen LogP contribution is -2.15. The van der Waals surface area contributed by atoms with Crippen molar-refractivity contribution in [2.75, 3.05) is 0 Å². The van der Waals surface area contributed by atoms with Crippen molar-refractivity contribution in [3.05, 3.63) is 151 Å². The van der Waals surface area contributed by atoms with Crippen LogP contribution in [0.5, 0.6) is 0 Å². The quantitative estimate of drug-likeness (QED) is 0.198. The topological polar surface area (TPSA) is 51.8 Å². The van der Waals surface area contributed by atoms with Crippen LogP contribution in [0.1, 0.15) is 25.0 Å². The van der Waals surface area contributed by atoms with Gasteiger partial charge < -0.3 is 4.42 Å². The van der Waals surface area contributed by atoms with Crippen molar-refractivity contribution in [2.24, 2.45) is 0 Å². The van der Waals surface area contributed by atoms with Crippen LogP contribution in [0.15, 0.2) is 144 Å². The molecule has 48 heavy (non-hydrogen) atoms. The maximum Gasteiger partial charge on any atom is 0.164 e. The molecule has 0 unspecified atom stereocenters. The summed E-state index contributed by atoms with van der Waals surface area (Å²) in [6.45, 7) is 4.64. The average molecular weight is 616 g/mol. The van der Waals surface area contributed by atoms with Crippen molar-refractivity contribution in [3.63, 3.8) is 0 Å². The second kappa shape index (κ2) is 9.93. The smallest absolute Gasteiger partial charge is 0.164 e. The molecule has 0 fully saturated rings. The molecule has 226 valence electrons. The lowest BCUT2D eigenvalue weighted by Gasteiger charge is -2.22. The SMILES string of the molecule is CC1(C)c2cccc(-c3nc(-c4cccc5ccccc45)nc(-c4cccc5ccccc45)n3)c2-c2ccc3oc4ccccc4c3c21. The molecule has 0 spiro atoms. The van der Waals surface area contributed by atoms with Gasteiger partial charge in [-0.2, -0.15) is 0 Å². The summed E-state index contributed by atoms with van der Waals surface area (Å²) >= 11 is 0.